The molecule has 2 heterocycles. The predicted molar refractivity (Wildman–Crippen MR) is 113 cm³/mol. The van der Waals surface area contributed by atoms with Gasteiger partial charge in [-0.25, -0.2) is 0 Å². The van der Waals surface area contributed by atoms with Gasteiger partial charge in [0.2, 0.25) is 5.91 Å². The molecule has 0 spiro atoms. The van der Waals surface area contributed by atoms with Crippen molar-refractivity contribution in [3.63, 3.8) is 0 Å². The Morgan fingerprint density at radius 1 is 1.10 bits per heavy atom. The van der Waals surface area contributed by atoms with Gasteiger partial charge in [-0.15, -0.1) is 10.2 Å². The Morgan fingerprint density at radius 3 is 2.76 bits per heavy atom. The molecule has 0 aliphatic heterocycles. The summed E-state index contributed by atoms with van der Waals surface area (Å²) in [7, 11) is 0. The van der Waals surface area contributed by atoms with E-state index in [4.69, 9.17) is 0 Å². The van der Waals surface area contributed by atoms with E-state index in [-0.39, 0.29) is 11.9 Å². The van der Waals surface area contributed by atoms with Crippen molar-refractivity contribution in [1.29, 1.82) is 0 Å². The van der Waals surface area contributed by atoms with Crippen LogP contribution < -0.4 is 5.32 Å². The molecular weight excluding hydrogens is 382 g/mol. The van der Waals surface area contributed by atoms with E-state index in [9.17, 15) is 4.79 Å². The van der Waals surface area contributed by atoms with E-state index >= 15 is 0 Å². The maximum atomic E-state index is 12.7. The van der Waals surface area contributed by atoms with Gasteiger partial charge in [-0.1, -0.05) is 36.0 Å². The van der Waals surface area contributed by atoms with Crippen LogP contribution in [-0.4, -0.2) is 31.4 Å². The van der Waals surface area contributed by atoms with E-state index in [1.807, 2.05) is 12.1 Å². The van der Waals surface area contributed by atoms with Gasteiger partial charge in [-0.2, -0.15) is 0 Å². The number of aromatic nitrogens is 4. The van der Waals surface area contributed by atoms with Gasteiger partial charge in [0.05, 0.1) is 11.8 Å². The van der Waals surface area contributed by atoms with Crippen molar-refractivity contribution in [1.82, 2.24) is 25.1 Å². The highest BCUT2D eigenvalue weighted by Crippen LogP contribution is 2.41. The van der Waals surface area contributed by atoms with E-state index in [0.29, 0.717) is 11.8 Å². The molecule has 148 valence electrons. The molecule has 29 heavy (non-hydrogen) atoms. The largest absolute Gasteiger partial charge is 0.349 e. The highest BCUT2D eigenvalue weighted by Gasteiger charge is 2.30. The van der Waals surface area contributed by atoms with Crippen LogP contribution in [0, 0.1) is 0 Å². The first kappa shape index (κ1) is 18.4. The second-order valence-electron chi connectivity index (χ2n) is 7.64. The Labute approximate surface area is 174 Å². The lowest BCUT2D eigenvalue weighted by molar-refractivity contribution is -0.119. The molecule has 1 fully saturated rings. The van der Waals surface area contributed by atoms with Crippen molar-refractivity contribution in [2.75, 3.05) is 5.75 Å². The third-order valence-corrected chi connectivity index (χ3v) is 6.50. The summed E-state index contributed by atoms with van der Waals surface area (Å²) >= 11 is 1.47. The monoisotopic (exact) mass is 405 g/mol. The molecule has 1 N–H and O–H groups in total. The van der Waals surface area contributed by atoms with E-state index in [1.165, 1.54) is 22.9 Å². The van der Waals surface area contributed by atoms with E-state index in [1.54, 1.807) is 12.4 Å². The van der Waals surface area contributed by atoms with Crippen LogP contribution in [0.1, 0.15) is 48.9 Å². The number of pyridine rings is 1. The Balaban J connectivity index is 1.28. The first-order valence-electron chi connectivity index (χ1n) is 10.1. The molecule has 3 aromatic rings. The molecule has 6 nitrogen and oxygen atoms in total. The van der Waals surface area contributed by atoms with Crippen LogP contribution in [0.4, 0.5) is 0 Å². The Kier molecular flexibility index (Phi) is 5.06. The smallest absolute Gasteiger partial charge is 0.230 e. The average molecular weight is 406 g/mol. The molecule has 1 aromatic carbocycles. The fraction of sp³-hybridized carbons (Fsp3) is 0.364. The van der Waals surface area contributed by atoms with Gasteiger partial charge >= 0.3 is 0 Å². The zero-order valence-corrected chi connectivity index (χ0v) is 16.9. The van der Waals surface area contributed by atoms with Crippen molar-refractivity contribution in [3.05, 3.63) is 59.9 Å². The Hall–Kier alpha value is -2.67. The minimum Gasteiger partial charge on any atom is -0.349 e. The first-order valence-corrected chi connectivity index (χ1v) is 11.1. The number of nitrogens with zero attached hydrogens (tertiary/aromatic N) is 4. The molecule has 1 unspecified atom stereocenters. The van der Waals surface area contributed by atoms with Gasteiger partial charge in [0.15, 0.2) is 11.0 Å². The SMILES string of the molecule is O=C(CSc1nnc(-c2ccncc2)n1C1CC1)NC1CCCc2ccccc21. The van der Waals surface area contributed by atoms with Gasteiger partial charge in [0.1, 0.15) is 0 Å². The van der Waals surface area contributed by atoms with Crippen LogP contribution in [-0.2, 0) is 11.2 Å². The lowest BCUT2D eigenvalue weighted by Gasteiger charge is -2.26. The van der Waals surface area contributed by atoms with Crippen LogP contribution in [0.2, 0.25) is 0 Å². The lowest BCUT2D eigenvalue weighted by Crippen LogP contribution is -2.32. The summed E-state index contributed by atoms with van der Waals surface area (Å²) in [5.41, 5.74) is 3.62. The number of fused-ring (bicyclic) bond motifs is 1. The number of amides is 1. The molecule has 0 radical (unpaired) electrons. The van der Waals surface area contributed by atoms with Crippen LogP contribution >= 0.6 is 11.8 Å². The fourth-order valence-electron chi connectivity index (χ4n) is 4.01. The molecule has 1 atom stereocenters. The van der Waals surface area contributed by atoms with Crippen LogP contribution in [0.15, 0.2) is 53.9 Å². The molecule has 0 bridgehead atoms. The number of aryl methyl sites for hydroxylation is 1. The number of benzene rings is 1. The molecule has 2 aliphatic carbocycles. The fourth-order valence-corrected chi connectivity index (χ4v) is 4.82. The Morgan fingerprint density at radius 2 is 1.93 bits per heavy atom. The number of rotatable bonds is 6. The topological polar surface area (TPSA) is 72.7 Å². The van der Waals surface area contributed by atoms with Crippen molar-refractivity contribution in [2.24, 2.45) is 0 Å². The molecule has 7 heteroatoms. The maximum absolute atomic E-state index is 12.7. The molecular formula is C22H23N5OS. The highest BCUT2D eigenvalue weighted by atomic mass is 32.2. The Bertz CT molecular complexity index is 1020. The summed E-state index contributed by atoms with van der Waals surface area (Å²) in [4.78, 5) is 16.8. The average Bonchev–Trinajstić information content (AvgIpc) is 3.52. The lowest BCUT2D eigenvalue weighted by atomic mass is 9.88. The summed E-state index contributed by atoms with van der Waals surface area (Å²) in [5.74, 6) is 1.26. The van der Waals surface area contributed by atoms with E-state index in [0.717, 1.165) is 48.6 Å². The van der Waals surface area contributed by atoms with Crippen molar-refractivity contribution in [2.45, 2.75) is 49.3 Å². The second kappa shape index (κ2) is 7.99. The van der Waals surface area contributed by atoms with Gasteiger partial charge < -0.3 is 5.32 Å². The predicted octanol–water partition coefficient (Wildman–Crippen LogP) is 3.96. The van der Waals surface area contributed by atoms with Gasteiger partial charge in [-0.3, -0.25) is 14.3 Å². The summed E-state index contributed by atoms with van der Waals surface area (Å²) in [6, 6.07) is 12.9. The minimum atomic E-state index is 0.0486. The van der Waals surface area contributed by atoms with Gasteiger partial charge in [-0.05, 0) is 55.4 Å². The van der Waals surface area contributed by atoms with Crippen LogP contribution in [0.3, 0.4) is 0 Å². The van der Waals surface area contributed by atoms with E-state index in [2.05, 4.69) is 49.3 Å². The highest BCUT2D eigenvalue weighted by molar-refractivity contribution is 7.99. The molecule has 2 aliphatic rings. The number of nitrogens with one attached hydrogen (secondary N) is 1. The number of carbonyl (C=O) groups is 1. The molecule has 0 saturated heterocycles. The molecule has 1 amide bonds. The van der Waals surface area contributed by atoms with Gasteiger partial charge in [0, 0.05) is 24.0 Å². The summed E-state index contributed by atoms with van der Waals surface area (Å²) in [5, 5.41) is 12.8. The number of hydrogen-bond acceptors (Lipinski definition) is 5. The maximum Gasteiger partial charge on any atom is 0.230 e. The van der Waals surface area contributed by atoms with Gasteiger partial charge in [0.25, 0.3) is 0 Å². The third-order valence-electron chi connectivity index (χ3n) is 5.55. The molecule has 5 rings (SSSR count). The van der Waals surface area contributed by atoms with Crippen LogP contribution in [0.5, 0.6) is 0 Å². The van der Waals surface area contributed by atoms with Crippen molar-refractivity contribution < 1.29 is 4.79 Å². The summed E-state index contributed by atoms with van der Waals surface area (Å²) in [6.45, 7) is 0. The third kappa shape index (κ3) is 3.92. The standard InChI is InChI=1S/C22H23N5OS/c28-20(24-19-7-3-5-15-4-1-2-6-18(15)19)14-29-22-26-25-21(27(22)17-8-9-17)16-10-12-23-13-11-16/h1-2,4,6,10-13,17,19H,3,5,7-9,14H2,(H,24,28). The molecule has 2 aromatic heterocycles. The number of thioether (sulfide) groups is 1. The molecule has 1 saturated carbocycles. The summed E-state index contributed by atoms with van der Waals surface area (Å²) in [6.07, 6.45) is 9.01. The normalized spacial score (nSPS) is 18.3. The van der Waals surface area contributed by atoms with Crippen molar-refractivity contribution >= 4 is 17.7 Å². The zero-order chi connectivity index (χ0) is 19.6. The number of carbonyl (C=O) groups excluding carboxylic acids is 1. The number of hydrogen-bond donors (Lipinski definition) is 1. The first-order chi connectivity index (χ1) is 14.3. The quantitative estimate of drug-likeness (QED) is 0.629. The van der Waals surface area contributed by atoms with Crippen molar-refractivity contribution in [3.8, 4) is 11.4 Å². The zero-order valence-electron chi connectivity index (χ0n) is 16.1. The van der Waals surface area contributed by atoms with Crippen LogP contribution in [0.25, 0.3) is 11.4 Å². The van der Waals surface area contributed by atoms with E-state index < -0.39 is 0 Å². The minimum absolute atomic E-state index is 0.0486. The second-order valence-corrected chi connectivity index (χ2v) is 8.59. The summed E-state index contributed by atoms with van der Waals surface area (Å²) < 4.78 is 2.18.